The van der Waals surface area contributed by atoms with Gasteiger partial charge in [0, 0.05) is 13.2 Å². The van der Waals surface area contributed by atoms with Crippen molar-refractivity contribution in [2.75, 3.05) is 0 Å². The number of nitrogens with zero attached hydrogens (tertiary/aromatic N) is 2. The fraction of sp³-hybridized carbons (Fsp3) is 0.400. The Bertz CT molecular complexity index is 181. The summed E-state index contributed by atoms with van der Waals surface area (Å²) < 4.78 is 1.88. The predicted molar refractivity (Wildman–Crippen MR) is 34.2 cm³/mol. The van der Waals surface area contributed by atoms with Gasteiger partial charge in [-0.15, -0.1) is 0 Å². The minimum Gasteiger partial charge on any atom is -0.340 e. The van der Waals surface area contributed by atoms with Gasteiger partial charge in [-0.05, 0) is 0 Å². The van der Waals surface area contributed by atoms with Crippen LogP contribution in [-0.4, -0.2) is 9.55 Å². The predicted octanol–water partition coefficient (Wildman–Crippen LogP) is -0.617. The van der Waals surface area contributed by atoms with E-state index in [4.69, 9.17) is 5.84 Å². The second kappa shape index (κ2) is 2.61. The Morgan fingerprint density at radius 3 is 3.11 bits per heavy atom. The topological polar surface area (TPSA) is 55.9 Å². The van der Waals surface area contributed by atoms with Gasteiger partial charge in [-0.25, -0.2) is 4.98 Å². The summed E-state index contributed by atoms with van der Waals surface area (Å²) in [5.41, 5.74) is 3.48. The molecule has 0 spiro atoms. The van der Waals surface area contributed by atoms with Crippen molar-refractivity contribution < 1.29 is 0 Å². The lowest BCUT2D eigenvalue weighted by molar-refractivity contribution is 0.726. The van der Waals surface area contributed by atoms with Gasteiger partial charge in [-0.3, -0.25) is 11.3 Å². The molecular weight excluding hydrogens is 116 g/mol. The minimum absolute atomic E-state index is 0.626. The molecule has 0 aliphatic rings. The minimum atomic E-state index is 0.626. The van der Waals surface area contributed by atoms with E-state index in [0.717, 1.165) is 5.69 Å². The molecule has 0 atom stereocenters. The van der Waals surface area contributed by atoms with E-state index in [1.807, 2.05) is 17.8 Å². The standard InChI is InChI=1S/C5H10N4/c1-9-3-5(2-8-6)7-4-9/h3-4,8H,2,6H2,1H3. The molecule has 0 saturated carbocycles. The molecule has 4 heteroatoms. The number of nitrogens with one attached hydrogen (secondary N) is 1. The molecule has 0 amide bonds. The number of hydrogen-bond acceptors (Lipinski definition) is 3. The van der Waals surface area contributed by atoms with Crippen LogP contribution in [0.25, 0.3) is 0 Å². The van der Waals surface area contributed by atoms with E-state index < -0.39 is 0 Å². The fourth-order valence-electron chi connectivity index (χ4n) is 0.663. The van der Waals surface area contributed by atoms with Crippen LogP contribution in [0.3, 0.4) is 0 Å². The average molecular weight is 126 g/mol. The van der Waals surface area contributed by atoms with Gasteiger partial charge in [0.15, 0.2) is 0 Å². The van der Waals surface area contributed by atoms with E-state index in [1.165, 1.54) is 0 Å². The smallest absolute Gasteiger partial charge is 0.0947 e. The zero-order chi connectivity index (χ0) is 6.69. The molecule has 0 aliphatic carbocycles. The maximum absolute atomic E-state index is 5.07. The molecule has 4 nitrogen and oxygen atoms in total. The molecule has 50 valence electrons. The summed E-state index contributed by atoms with van der Waals surface area (Å²) in [5, 5.41) is 0. The highest BCUT2D eigenvalue weighted by molar-refractivity contribution is 4.94. The molecular formula is C5H10N4. The lowest BCUT2D eigenvalue weighted by atomic mass is 10.5. The molecule has 0 radical (unpaired) electrons. The first-order chi connectivity index (χ1) is 4.33. The normalized spacial score (nSPS) is 10.0. The number of imidazole rings is 1. The first-order valence-electron chi connectivity index (χ1n) is 2.73. The SMILES string of the molecule is Cn1cnc(CNN)c1. The van der Waals surface area contributed by atoms with Gasteiger partial charge in [0.05, 0.1) is 18.6 Å². The number of aryl methyl sites for hydroxylation is 1. The number of aromatic nitrogens is 2. The van der Waals surface area contributed by atoms with Crippen molar-refractivity contribution in [3.05, 3.63) is 18.2 Å². The zero-order valence-electron chi connectivity index (χ0n) is 5.33. The lowest BCUT2D eigenvalue weighted by Gasteiger charge is -1.89. The van der Waals surface area contributed by atoms with Gasteiger partial charge >= 0.3 is 0 Å². The lowest BCUT2D eigenvalue weighted by Crippen LogP contribution is -2.20. The Morgan fingerprint density at radius 2 is 2.67 bits per heavy atom. The van der Waals surface area contributed by atoms with E-state index in [-0.39, 0.29) is 0 Å². The van der Waals surface area contributed by atoms with Crippen molar-refractivity contribution in [3.63, 3.8) is 0 Å². The highest BCUT2D eigenvalue weighted by atomic mass is 15.2. The van der Waals surface area contributed by atoms with Crippen LogP contribution in [0.15, 0.2) is 12.5 Å². The van der Waals surface area contributed by atoms with Gasteiger partial charge in [-0.1, -0.05) is 0 Å². The Labute approximate surface area is 53.7 Å². The molecule has 0 aliphatic heterocycles. The van der Waals surface area contributed by atoms with Crippen molar-refractivity contribution in [3.8, 4) is 0 Å². The van der Waals surface area contributed by atoms with Crippen molar-refractivity contribution in [2.45, 2.75) is 6.54 Å². The monoisotopic (exact) mass is 126 g/mol. The van der Waals surface area contributed by atoms with E-state index in [1.54, 1.807) is 6.33 Å². The quantitative estimate of drug-likeness (QED) is 0.410. The van der Waals surface area contributed by atoms with Gasteiger partial charge in [0.2, 0.25) is 0 Å². The van der Waals surface area contributed by atoms with Crippen molar-refractivity contribution in [1.29, 1.82) is 0 Å². The molecule has 0 fully saturated rings. The van der Waals surface area contributed by atoms with Crippen LogP contribution in [-0.2, 0) is 13.6 Å². The third kappa shape index (κ3) is 1.51. The maximum Gasteiger partial charge on any atom is 0.0947 e. The van der Waals surface area contributed by atoms with Gasteiger partial charge in [-0.2, -0.15) is 0 Å². The molecule has 1 heterocycles. The Morgan fingerprint density at radius 1 is 1.89 bits per heavy atom. The Balaban J connectivity index is 2.61. The first kappa shape index (κ1) is 6.25. The number of hydrogen-bond donors (Lipinski definition) is 2. The Kier molecular flexibility index (Phi) is 1.81. The second-order valence-electron chi connectivity index (χ2n) is 1.91. The summed E-state index contributed by atoms with van der Waals surface area (Å²) in [4.78, 5) is 4.03. The molecule has 0 bridgehead atoms. The summed E-state index contributed by atoms with van der Waals surface area (Å²) in [6, 6.07) is 0. The summed E-state index contributed by atoms with van der Waals surface area (Å²) in [7, 11) is 1.92. The molecule has 3 N–H and O–H groups in total. The van der Waals surface area contributed by atoms with Crippen molar-refractivity contribution in [1.82, 2.24) is 15.0 Å². The zero-order valence-corrected chi connectivity index (χ0v) is 5.33. The molecule has 9 heavy (non-hydrogen) atoms. The number of nitrogens with two attached hydrogens (primary N) is 1. The van der Waals surface area contributed by atoms with Gasteiger partial charge in [0.1, 0.15) is 0 Å². The Hall–Kier alpha value is -0.870. The first-order valence-corrected chi connectivity index (χ1v) is 2.73. The number of rotatable bonds is 2. The molecule has 1 rings (SSSR count). The summed E-state index contributed by atoms with van der Waals surface area (Å²) in [5.74, 6) is 5.07. The van der Waals surface area contributed by atoms with Gasteiger partial charge < -0.3 is 4.57 Å². The average Bonchev–Trinajstić information content (AvgIpc) is 2.17. The largest absolute Gasteiger partial charge is 0.340 e. The van der Waals surface area contributed by atoms with E-state index >= 15 is 0 Å². The molecule has 1 aromatic heterocycles. The van der Waals surface area contributed by atoms with Crippen LogP contribution in [0.1, 0.15) is 5.69 Å². The van der Waals surface area contributed by atoms with E-state index in [2.05, 4.69) is 10.4 Å². The highest BCUT2D eigenvalue weighted by Gasteiger charge is 1.91. The molecule has 0 aromatic carbocycles. The number of hydrazine groups is 1. The third-order valence-electron chi connectivity index (χ3n) is 1.04. The second-order valence-corrected chi connectivity index (χ2v) is 1.91. The molecule has 0 unspecified atom stereocenters. The van der Waals surface area contributed by atoms with Crippen LogP contribution in [0.5, 0.6) is 0 Å². The van der Waals surface area contributed by atoms with Crippen LogP contribution < -0.4 is 11.3 Å². The van der Waals surface area contributed by atoms with Crippen LogP contribution in [0.2, 0.25) is 0 Å². The van der Waals surface area contributed by atoms with E-state index in [0.29, 0.717) is 6.54 Å². The van der Waals surface area contributed by atoms with Crippen LogP contribution in [0, 0.1) is 0 Å². The summed E-state index contributed by atoms with van der Waals surface area (Å²) >= 11 is 0. The molecule has 0 saturated heterocycles. The maximum atomic E-state index is 5.07. The van der Waals surface area contributed by atoms with E-state index in [9.17, 15) is 0 Å². The molecule has 1 aromatic rings. The van der Waals surface area contributed by atoms with Crippen LogP contribution in [0.4, 0.5) is 0 Å². The van der Waals surface area contributed by atoms with Crippen molar-refractivity contribution >= 4 is 0 Å². The fourth-order valence-corrected chi connectivity index (χ4v) is 0.663. The highest BCUT2D eigenvalue weighted by Crippen LogP contribution is 1.90. The van der Waals surface area contributed by atoms with Gasteiger partial charge in [0.25, 0.3) is 0 Å². The third-order valence-corrected chi connectivity index (χ3v) is 1.04. The van der Waals surface area contributed by atoms with Crippen LogP contribution >= 0.6 is 0 Å². The van der Waals surface area contributed by atoms with Crippen molar-refractivity contribution in [2.24, 2.45) is 12.9 Å². The summed E-state index contributed by atoms with van der Waals surface area (Å²) in [6.45, 7) is 0.626. The summed E-state index contributed by atoms with van der Waals surface area (Å²) in [6.07, 6.45) is 3.66.